The summed E-state index contributed by atoms with van der Waals surface area (Å²) in [6, 6.07) is 0.608. The van der Waals surface area contributed by atoms with Crippen molar-refractivity contribution in [2.45, 2.75) is 76.0 Å². The van der Waals surface area contributed by atoms with Crippen LogP contribution in [0.4, 0.5) is 0 Å². The van der Waals surface area contributed by atoms with Crippen LogP contribution in [0.2, 0.25) is 0 Å². The van der Waals surface area contributed by atoms with Crippen molar-refractivity contribution in [2.24, 2.45) is 5.41 Å². The van der Waals surface area contributed by atoms with Crippen LogP contribution in [-0.2, 0) is 4.74 Å². The van der Waals surface area contributed by atoms with Crippen LogP contribution in [0, 0.1) is 5.41 Å². The third-order valence-corrected chi connectivity index (χ3v) is 5.96. The van der Waals surface area contributed by atoms with Gasteiger partial charge in [0.25, 0.3) is 0 Å². The Bertz CT molecular complexity index is 301. The van der Waals surface area contributed by atoms with Gasteiger partial charge in [0.2, 0.25) is 0 Å². The normalized spacial score (nSPS) is 39.8. The lowest BCUT2D eigenvalue weighted by Gasteiger charge is -2.50. The Labute approximate surface area is 117 Å². The molecule has 0 radical (unpaired) electrons. The van der Waals surface area contributed by atoms with Gasteiger partial charge in [0.05, 0.1) is 12.2 Å². The van der Waals surface area contributed by atoms with Gasteiger partial charge >= 0.3 is 0 Å². The smallest absolute Gasteiger partial charge is 0.0698 e. The Morgan fingerprint density at radius 2 is 1.89 bits per heavy atom. The number of ether oxygens (including phenoxy) is 1. The molecule has 1 aliphatic heterocycles. The quantitative estimate of drug-likeness (QED) is 0.834. The zero-order chi connectivity index (χ0) is 13.3. The predicted octanol–water partition coefficient (Wildman–Crippen LogP) is 2.57. The second-order valence-electron chi connectivity index (χ2n) is 7.01. The minimum atomic E-state index is -0.0702. The highest BCUT2D eigenvalue weighted by atomic mass is 16.5. The van der Waals surface area contributed by atoms with Crippen LogP contribution < -0.4 is 0 Å². The van der Waals surface area contributed by atoms with Gasteiger partial charge < -0.3 is 9.84 Å². The molecule has 0 aromatic carbocycles. The van der Waals surface area contributed by atoms with Gasteiger partial charge in [0.15, 0.2) is 0 Å². The molecule has 3 aliphatic rings. The Hall–Kier alpha value is -0.120. The van der Waals surface area contributed by atoms with Gasteiger partial charge in [-0.2, -0.15) is 0 Å². The molecular formula is C16H29NO2. The molecule has 2 saturated carbocycles. The van der Waals surface area contributed by atoms with E-state index in [0.29, 0.717) is 17.6 Å². The highest BCUT2D eigenvalue weighted by Crippen LogP contribution is 2.51. The fourth-order valence-corrected chi connectivity index (χ4v) is 4.89. The molecule has 2 aliphatic carbocycles. The van der Waals surface area contributed by atoms with Crippen molar-refractivity contribution < 1.29 is 9.84 Å². The second kappa shape index (κ2) is 5.71. The third kappa shape index (κ3) is 2.70. The first-order valence-corrected chi connectivity index (χ1v) is 8.18. The summed E-state index contributed by atoms with van der Waals surface area (Å²) >= 11 is 0. The molecule has 3 rings (SSSR count). The average molecular weight is 267 g/mol. The molecule has 3 heteroatoms. The van der Waals surface area contributed by atoms with Crippen molar-refractivity contribution in [3.8, 4) is 0 Å². The van der Waals surface area contributed by atoms with E-state index in [0.717, 1.165) is 19.4 Å². The van der Waals surface area contributed by atoms with Gasteiger partial charge in [-0.1, -0.05) is 12.8 Å². The number of aliphatic hydroxyl groups is 1. The number of hydrogen-bond donors (Lipinski definition) is 1. The third-order valence-electron chi connectivity index (χ3n) is 5.96. The molecule has 0 amide bonds. The Balaban J connectivity index is 1.74. The average Bonchev–Trinajstić information content (AvgIpc) is 2.91. The maximum absolute atomic E-state index is 10.1. The first kappa shape index (κ1) is 13.8. The maximum Gasteiger partial charge on any atom is 0.0698 e. The summed E-state index contributed by atoms with van der Waals surface area (Å²) in [6.07, 6.45) is 11.6. The van der Waals surface area contributed by atoms with Crippen molar-refractivity contribution in [3.63, 3.8) is 0 Å². The van der Waals surface area contributed by atoms with E-state index in [9.17, 15) is 5.11 Å². The Morgan fingerprint density at radius 3 is 2.63 bits per heavy atom. The number of piperidine rings is 1. The van der Waals surface area contributed by atoms with Crippen molar-refractivity contribution in [3.05, 3.63) is 0 Å². The molecule has 19 heavy (non-hydrogen) atoms. The fraction of sp³-hybridized carbons (Fsp3) is 1.00. The molecular weight excluding hydrogens is 238 g/mol. The van der Waals surface area contributed by atoms with Crippen LogP contribution in [0.1, 0.15) is 57.8 Å². The van der Waals surface area contributed by atoms with E-state index >= 15 is 0 Å². The van der Waals surface area contributed by atoms with E-state index in [4.69, 9.17) is 4.74 Å². The number of methoxy groups -OCH3 is 1. The summed E-state index contributed by atoms with van der Waals surface area (Å²) < 4.78 is 5.59. The molecule has 110 valence electrons. The summed E-state index contributed by atoms with van der Waals surface area (Å²) in [7, 11) is 1.84. The molecule has 1 heterocycles. The number of hydrogen-bond acceptors (Lipinski definition) is 3. The number of aliphatic hydroxyl groups excluding tert-OH is 1. The molecule has 3 atom stereocenters. The summed E-state index contributed by atoms with van der Waals surface area (Å²) in [6.45, 7) is 2.29. The lowest BCUT2D eigenvalue weighted by atomic mass is 9.67. The van der Waals surface area contributed by atoms with Crippen LogP contribution in [-0.4, -0.2) is 48.5 Å². The van der Waals surface area contributed by atoms with Crippen LogP contribution >= 0.6 is 0 Å². The summed E-state index contributed by atoms with van der Waals surface area (Å²) in [4.78, 5) is 2.66. The van der Waals surface area contributed by atoms with Crippen molar-refractivity contribution in [1.29, 1.82) is 0 Å². The largest absolute Gasteiger partial charge is 0.393 e. The molecule has 1 spiro atoms. The van der Waals surface area contributed by atoms with E-state index in [1.807, 2.05) is 7.11 Å². The Kier molecular flexibility index (Phi) is 4.16. The zero-order valence-corrected chi connectivity index (χ0v) is 12.3. The summed E-state index contributed by atoms with van der Waals surface area (Å²) in [5.74, 6) is 0. The molecule has 0 aromatic heterocycles. The number of likely N-dealkylation sites (tertiary alicyclic amines) is 1. The topological polar surface area (TPSA) is 32.7 Å². The van der Waals surface area contributed by atoms with Crippen molar-refractivity contribution in [2.75, 3.05) is 20.2 Å². The number of nitrogens with zero attached hydrogens (tertiary/aromatic N) is 1. The summed E-state index contributed by atoms with van der Waals surface area (Å²) in [5.41, 5.74) is 0.523. The molecule has 3 nitrogen and oxygen atoms in total. The standard InChI is InChI=1S/C16H29NO2/c1-19-14-5-4-10-17(12-14)15-11-13(18)6-9-16(15)7-2-3-8-16/h13-15,18H,2-12H2,1H3. The number of rotatable bonds is 2. The van der Waals surface area contributed by atoms with Crippen LogP contribution in [0.5, 0.6) is 0 Å². The molecule has 3 unspecified atom stereocenters. The van der Waals surface area contributed by atoms with E-state index in [1.165, 1.54) is 51.5 Å². The van der Waals surface area contributed by atoms with Gasteiger partial charge in [-0.15, -0.1) is 0 Å². The van der Waals surface area contributed by atoms with Crippen LogP contribution in [0.25, 0.3) is 0 Å². The zero-order valence-electron chi connectivity index (χ0n) is 12.3. The molecule has 0 bridgehead atoms. The van der Waals surface area contributed by atoms with Crippen LogP contribution in [0.3, 0.4) is 0 Å². The monoisotopic (exact) mass is 267 g/mol. The molecule has 1 N–H and O–H groups in total. The maximum atomic E-state index is 10.1. The molecule has 1 saturated heterocycles. The van der Waals surface area contributed by atoms with E-state index in [2.05, 4.69) is 4.90 Å². The minimum Gasteiger partial charge on any atom is -0.393 e. The highest BCUT2D eigenvalue weighted by Gasteiger charge is 2.47. The van der Waals surface area contributed by atoms with Crippen LogP contribution in [0.15, 0.2) is 0 Å². The first-order valence-electron chi connectivity index (χ1n) is 8.18. The highest BCUT2D eigenvalue weighted by molar-refractivity contribution is 5.01. The fourth-order valence-electron chi connectivity index (χ4n) is 4.89. The van der Waals surface area contributed by atoms with Gasteiger partial charge in [0, 0.05) is 19.7 Å². The predicted molar refractivity (Wildman–Crippen MR) is 76.2 cm³/mol. The minimum absolute atomic E-state index is 0.0702. The van der Waals surface area contributed by atoms with Crippen molar-refractivity contribution in [1.82, 2.24) is 4.90 Å². The SMILES string of the molecule is COC1CCCN(C2CC(O)CCC23CCCC3)C1. The van der Waals surface area contributed by atoms with E-state index in [-0.39, 0.29) is 6.10 Å². The first-order chi connectivity index (χ1) is 9.23. The van der Waals surface area contributed by atoms with Gasteiger partial charge in [0.1, 0.15) is 0 Å². The Morgan fingerprint density at radius 1 is 1.11 bits per heavy atom. The van der Waals surface area contributed by atoms with Gasteiger partial charge in [-0.3, -0.25) is 4.90 Å². The van der Waals surface area contributed by atoms with Gasteiger partial charge in [-0.05, 0) is 56.9 Å². The lowest BCUT2D eigenvalue weighted by molar-refractivity contribution is -0.0612. The lowest BCUT2D eigenvalue weighted by Crippen LogP contribution is -2.55. The van der Waals surface area contributed by atoms with Gasteiger partial charge in [-0.25, -0.2) is 0 Å². The summed E-state index contributed by atoms with van der Waals surface area (Å²) in [5, 5.41) is 10.1. The van der Waals surface area contributed by atoms with E-state index in [1.54, 1.807) is 0 Å². The van der Waals surface area contributed by atoms with Crippen molar-refractivity contribution >= 4 is 0 Å². The second-order valence-corrected chi connectivity index (χ2v) is 7.01. The molecule has 0 aromatic rings. The van der Waals surface area contributed by atoms with E-state index < -0.39 is 0 Å². The molecule has 3 fully saturated rings.